The highest BCUT2D eigenvalue weighted by Gasteiger charge is 2.63. The molecule has 0 amide bonds. The molecule has 3 rings (SSSR count). The number of aliphatic hydroxyl groups is 1. The summed E-state index contributed by atoms with van der Waals surface area (Å²) in [5.74, 6) is -1.48. The number of hydrogen-bond donors (Lipinski definition) is 1. The van der Waals surface area contributed by atoms with Crippen molar-refractivity contribution in [2.75, 3.05) is 6.61 Å². The van der Waals surface area contributed by atoms with Gasteiger partial charge in [-0.25, -0.2) is 0 Å². The van der Waals surface area contributed by atoms with Crippen molar-refractivity contribution in [3.05, 3.63) is 0 Å². The summed E-state index contributed by atoms with van der Waals surface area (Å²) in [4.78, 5) is 0. The lowest BCUT2D eigenvalue weighted by Crippen LogP contribution is -2.62. The molecule has 0 aromatic heterocycles. The molecule has 1 N–H and O–H groups in total. The molecule has 0 aromatic carbocycles. The zero-order valence-electron chi connectivity index (χ0n) is 14.1. The molecule has 2 saturated heterocycles. The smallest absolute Gasteiger partial charge is 0.164 e. The van der Waals surface area contributed by atoms with E-state index in [4.69, 9.17) is 23.7 Å². The zero-order chi connectivity index (χ0) is 16.1. The minimum Gasteiger partial charge on any atom is -0.387 e. The Hall–Kier alpha value is -0.240. The normalized spacial score (nSPS) is 45.5. The average Bonchev–Trinajstić information content (AvgIpc) is 2.90. The Bertz CT molecular complexity index is 377. The van der Waals surface area contributed by atoms with Crippen LogP contribution in [-0.2, 0) is 23.7 Å². The van der Waals surface area contributed by atoms with E-state index in [1.54, 1.807) is 0 Å². The SMILES string of the molecule is CCCCOC1[C@H]2OC(C)(C)O[C@@H]2C(O)[C@@H]2OC(C)(C)O[C@@H]12. The quantitative estimate of drug-likeness (QED) is 0.795. The van der Waals surface area contributed by atoms with Gasteiger partial charge in [-0.2, -0.15) is 0 Å². The van der Waals surface area contributed by atoms with E-state index < -0.39 is 29.9 Å². The molecule has 2 aliphatic heterocycles. The average molecular weight is 316 g/mol. The van der Waals surface area contributed by atoms with E-state index in [-0.39, 0.29) is 18.3 Å². The van der Waals surface area contributed by atoms with Crippen LogP contribution < -0.4 is 0 Å². The standard InChI is InChI=1S/C16H28O6/c1-6-7-8-18-12-13-10(19-15(2,3)21-13)9(17)11-14(12)22-16(4,5)20-11/h9-14,17H,6-8H2,1-5H3/t9?,10-,11+,12?,13+,14-. The fourth-order valence-electron chi connectivity index (χ4n) is 3.60. The third-order valence-corrected chi connectivity index (χ3v) is 4.46. The van der Waals surface area contributed by atoms with E-state index in [1.165, 1.54) is 0 Å². The summed E-state index contributed by atoms with van der Waals surface area (Å²) in [6.45, 7) is 10.2. The van der Waals surface area contributed by atoms with E-state index in [0.717, 1.165) is 12.8 Å². The first-order valence-electron chi connectivity index (χ1n) is 8.25. The van der Waals surface area contributed by atoms with Crippen molar-refractivity contribution in [3.8, 4) is 0 Å². The van der Waals surface area contributed by atoms with Gasteiger partial charge >= 0.3 is 0 Å². The molecule has 2 heterocycles. The molecule has 3 aliphatic rings. The zero-order valence-corrected chi connectivity index (χ0v) is 14.1. The van der Waals surface area contributed by atoms with E-state index in [1.807, 2.05) is 27.7 Å². The van der Waals surface area contributed by atoms with Crippen molar-refractivity contribution < 1.29 is 28.8 Å². The molecule has 6 heteroatoms. The third kappa shape index (κ3) is 2.92. The molecule has 0 spiro atoms. The molecular weight excluding hydrogens is 288 g/mol. The Morgan fingerprint density at radius 2 is 1.32 bits per heavy atom. The Morgan fingerprint density at radius 3 is 1.77 bits per heavy atom. The Balaban J connectivity index is 1.83. The van der Waals surface area contributed by atoms with Crippen molar-refractivity contribution in [2.24, 2.45) is 0 Å². The maximum Gasteiger partial charge on any atom is 0.164 e. The van der Waals surface area contributed by atoms with Gasteiger partial charge in [-0.15, -0.1) is 0 Å². The van der Waals surface area contributed by atoms with Crippen molar-refractivity contribution in [3.63, 3.8) is 0 Å². The number of fused-ring (bicyclic) bond motifs is 2. The summed E-state index contributed by atoms with van der Waals surface area (Å²) in [5, 5.41) is 10.6. The molecule has 1 aliphatic carbocycles. The highest BCUT2D eigenvalue weighted by molar-refractivity contribution is 5.08. The fourth-order valence-corrected chi connectivity index (χ4v) is 3.60. The van der Waals surface area contributed by atoms with Crippen molar-refractivity contribution >= 4 is 0 Å². The molecule has 0 radical (unpaired) electrons. The molecule has 6 nitrogen and oxygen atoms in total. The molecule has 0 bridgehead atoms. The maximum atomic E-state index is 10.6. The summed E-state index contributed by atoms with van der Waals surface area (Å²) in [6, 6.07) is 0. The van der Waals surface area contributed by atoms with Gasteiger partial charge in [-0.1, -0.05) is 13.3 Å². The molecule has 128 valence electrons. The Morgan fingerprint density at radius 1 is 0.864 bits per heavy atom. The summed E-state index contributed by atoms with van der Waals surface area (Å²) in [5.41, 5.74) is 0. The second kappa shape index (κ2) is 5.69. The van der Waals surface area contributed by atoms with Crippen LogP contribution in [0.2, 0.25) is 0 Å². The lowest BCUT2D eigenvalue weighted by molar-refractivity contribution is -0.188. The van der Waals surface area contributed by atoms with E-state index in [2.05, 4.69) is 6.92 Å². The molecule has 3 fully saturated rings. The van der Waals surface area contributed by atoms with Crippen LogP contribution in [0, 0.1) is 0 Å². The number of rotatable bonds is 4. The molecule has 0 aromatic rings. The van der Waals surface area contributed by atoms with Gasteiger partial charge in [0, 0.05) is 6.61 Å². The minimum atomic E-state index is -0.787. The highest BCUT2D eigenvalue weighted by Crippen LogP contribution is 2.45. The third-order valence-electron chi connectivity index (χ3n) is 4.46. The minimum absolute atomic E-state index is 0.298. The van der Waals surface area contributed by atoms with Crippen LogP contribution in [0.1, 0.15) is 47.5 Å². The van der Waals surface area contributed by atoms with Crippen molar-refractivity contribution in [2.45, 2.75) is 95.7 Å². The van der Waals surface area contributed by atoms with Crippen LogP contribution in [0.4, 0.5) is 0 Å². The van der Waals surface area contributed by atoms with Crippen LogP contribution >= 0.6 is 0 Å². The monoisotopic (exact) mass is 316 g/mol. The van der Waals surface area contributed by atoms with Gasteiger partial charge in [-0.05, 0) is 34.1 Å². The van der Waals surface area contributed by atoms with Crippen LogP contribution in [-0.4, -0.2) is 59.9 Å². The number of aliphatic hydroxyl groups excluding tert-OH is 1. The first-order chi connectivity index (χ1) is 10.2. The fraction of sp³-hybridized carbons (Fsp3) is 1.00. The lowest BCUT2D eigenvalue weighted by atomic mass is 9.85. The van der Waals surface area contributed by atoms with Gasteiger partial charge in [0.15, 0.2) is 11.6 Å². The molecule has 2 unspecified atom stereocenters. The van der Waals surface area contributed by atoms with Gasteiger partial charge in [0.1, 0.15) is 36.6 Å². The second-order valence-electron chi connectivity index (χ2n) is 7.31. The topological polar surface area (TPSA) is 66.4 Å². The lowest BCUT2D eigenvalue weighted by Gasteiger charge is -2.40. The van der Waals surface area contributed by atoms with Crippen molar-refractivity contribution in [1.29, 1.82) is 0 Å². The number of hydrogen-bond acceptors (Lipinski definition) is 6. The summed E-state index contributed by atoms with van der Waals surface area (Å²) >= 11 is 0. The van der Waals surface area contributed by atoms with Crippen LogP contribution in [0.3, 0.4) is 0 Å². The number of ether oxygens (including phenoxy) is 5. The summed E-state index contributed by atoms with van der Waals surface area (Å²) < 4.78 is 29.8. The van der Waals surface area contributed by atoms with Crippen molar-refractivity contribution in [1.82, 2.24) is 0 Å². The number of unbranched alkanes of at least 4 members (excludes halogenated alkanes) is 1. The van der Waals surface area contributed by atoms with E-state index >= 15 is 0 Å². The van der Waals surface area contributed by atoms with E-state index in [0.29, 0.717) is 6.61 Å². The summed E-state index contributed by atoms with van der Waals surface area (Å²) in [7, 11) is 0. The van der Waals surface area contributed by atoms with Gasteiger partial charge in [-0.3, -0.25) is 0 Å². The molecule has 22 heavy (non-hydrogen) atoms. The Labute approximate surface area is 132 Å². The van der Waals surface area contributed by atoms with Crippen LogP contribution in [0.25, 0.3) is 0 Å². The predicted molar refractivity (Wildman–Crippen MR) is 78.3 cm³/mol. The van der Waals surface area contributed by atoms with Crippen LogP contribution in [0.5, 0.6) is 0 Å². The van der Waals surface area contributed by atoms with Crippen LogP contribution in [0.15, 0.2) is 0 Å². The largest absolute Gasteiger partial charge is 0.387 e. The Kier molecular flexibility index (Phi) is 4.29. The molecule has 1 saturated carbocycles. The van der Waals surface area contributed by atoms with Gasteiger partial charge in [0.05, 0.1) is 0 Å². The first-order valence-corrected chi connectivity index (χ1v) is 8.25. The maximum absolute atomic E-state index is 10.6. The molecular formula is C16H28O6. The highest BCUT2D eigenvalue weighted by atomic mass is 16.8. The van der Waals surface area contributed by atoms with Gasteiger partial charge in [0.25, 0.3) is 0 Å². The first kappa shape index (κ1) is 16.6. The molecule has 6 atom stereocenters. The predicted octanol–water partition coefficient (Wildman–Crippen LogP) is 1.59. The second-order valence-corrected chi connectivity index (χ2v) is 7.31. The van der Waals surface area contributed by atoms with Gasteiger partial charge in [0.2, 0.25) is 0 Å². The van der Waals surface area contributed by atoms with Gasteiger partial charge < -0.3 is 28.8 Å². The van der Waals surface area contributed by atoms with E-state index in [9.17, 15) is 5.11 Å². The summed E-state index contributed by atoms with van der Waals surface area (Å²) in [6.07, 6.45) is -0.661.